The SMILES string of the molecule is [2H]c1c([2H])c([2H])c(-c2ccc(N3c4cc5c(cc4B4c6ccccc6N(c6c(-c7ccccc7)cc(C(C)(C)C)cc6-c6ccccc6)c6cc(-n7c8ccc(C(C)(C)C)cc8c8cc(C(C)(C)C)ccc87)cc3c64)B3c4ccccc4N(c4c(-c6ccccc6)cc(C(C)(C)C)cc4-c4ccccc4)c4cc(-c6cccc7c6C(C)(C)c6ccccc6-7)cc(c43)O5)cc2)c([2H])c1[2H]. The number of hydrogen-bond acceptors (Lipinski definition) is 4. The topological polar surface area (TPSA) is 23.9 Å². The lowest BCUT2D eigenvalue weighted by molar-refractivity contribution is 0.488. The Morgan fingerprint density at radius 1 is 0.281 bits per heavy atom. The summed E-state index contributed by atoms with van der Waals surface area (Å²) in [6, 6.07) is 123. The van der Waals surface area contributed by atoms with E-state index in [0.29, 0.717) is 5.56 Å². The van der Waals surface area contributed by atoms with Crippen molar-refractivity contribution in [1.29, 1.82) is 0 Å². The van der Waals surface area contributed by atoms with Gasteiger partial charge in [0.05, 0.1) is 34.9 Å². The zero-order valence-corrected chi connectivity index (χ0v) is 75.1. The minimum atomic E-state index is -0.437. The number of para-hydroxylation sites is 2. The highest BCUT2D eigenvalue weighted by atomic mass is 16.5. The van der Waals surface area contributed by atoms with Gasteiger partial charge >= 0.3 is 0 Å². The third kappa shape index (κ3) is 12.4. The fraction of sp³-hybridized carbons (Fsp3) is 0.157. The molecule has 18 aromatic rings. The van der Waals surface area contributed by atoms with Crippen molar-refractivity contribution in [2.75, 3.05) is 14.7 Å². The Bertz CT molecular complexity index is 7710. The standard InChI is InChI=1S/C121H102B2N4O/c1-117(2,3)82-57-61-102-95(65-82)96-66-83(118(4,5)6)58-62-103(96)125(102)87-71-108-113-109(72-87)127(116-93(79-43-26-18-27-44-79)69-85(120(10,11)12)70-94(116)80-45-28-19-29-46-80)104-53-34-32-51-98(104)122(113)100-73-101-110(74-106(100)124(108)86-59-55-76(56-60-86)75-37-20-15-21-38-75)128-111-64-81(88-48-36-49-90-89-47-30-31-50-97(89)121(13,14)112(88)90)63-107-114(111)123(101)99-52-33-35-54-105(99)126(107)115-91(77-39-22-16-23-40-77)67-84(119(7,8)9)68-92(115)78-41-24-17-25-42-78/h15-74H,1-14H3/i15D,20D,21D,37D,38D. The van der Waals surface area contributed by atoms with E-state index in [-0.39, 0.29) is 56.8 Å². The molecular formula is C121H102B2N4O. The summed E-state index contributed by atoms with van der Waals surface area (Å²) >= 11 is 0. The van der Waals surface area contributed by atoms with Gasteiger partial charge in [-0.05, 0) is 241 Å². The molecule has 0 unspecified atom stereocenters. The summed E-state index contributed by atoms with van der Waals surface area (Å²) in [4.78, 5) is 7.68. The monoisotopic (exact) mass is 1650 g/mol. The van der Waals surface area contributed by atoms with Crippen molar-refractivity contribution >= 4 is 119 Å². The molecule has 0 N–H and O–H groups in total. The molecule has 0 saturated carbocycles. The predicted octanol–water partition coefficient (Wildman–Crippen LogP) is 28.8. The molecule has 4 aliphatic heterocycles. The van der Waals surface area contributed by atoms with Gasteiger partial charge in [0, 0.05) is 84.3 Å². The minimum Gasteiger partial charge on any atom is -0.458 e. The Morgan fingerprint density at radius 2 is 0.719 bits per heavy atom. The van der Waals surface area contributed by atoms with Crippen LogP contribution < -0.4 is 52.2 Å². The van der Waals surface area contributed by atoms with Crippen LogP contribution in [0.5, 0.6) is 11.5 Å². The van der Waals surface area contributed by atoms with Crippen LogP contribution >= 0.6 is 0 Å². The molecule has 0 atom stereocenters. The van der Waals surface area contributed by atoms with Crippen molar-refractivity contribution in [3.05, 3.63) is 397 Å². The summed E-state index contributed by atoms with van der Waals surface area (Å²) in [7, 11) is 0. The smallest absolute Gasteiger partial charge is 0.256 e. The van der Waals surface area contributed by atoms with Crippen LogP contribution in [0.25, 0.3) is 105 Å². The van der Waals surface area contributed by atoms with E-state index >= 15 is 0 Å². The largest absolute Gasteiger partial charge is 0.458 e. The molecule has 23 rings (SSSR count). The first-order chi connectivity index (χ1) is 63.9. The molecule has 0 radical (unpaired) electrons. The van der Waals surface area contributed by atoms with E-state index in [1.165, 1.54) is 55.3 Å². The van der Waals surface area contributed by atoms with E-state index in [4.69, 9.17) is 8.85 Å². The highest BCUT2D eigenvalue weighted by molar-refractivity contribution is 7.02. The lowest BCUT2D eigenvalue weighted by Gasteiger charge is -2.46. The van der Waals surface area contributed by atoms with Gasteiger partial charge in [-0.25, -0.2) is 0 Å². The van der Waals surface area contributed by atoms with E-state index in [0.717, 1.165) is 168 Å². The maximum Gasteiger partial charge on any atom is 0.256 e. The lowest BCUT2D eigenvalue weighted by atomic mass is 9.30. The highest BCUT2D eigenvalue weighted by Crippen LogP contribution is 2.58. The minimum absolute atomic E-state index is 0.133. The van der Waals surface area contributed by atoms with Gasteiger partial charge in [0.15, 0.2) is 0 Å². The zero-order chi connectivity index (χ0) is 91.7. The molecule has 0 spiro atoms. The Hall–Kier alpha value is -14.1. The number of hydrogen-bond donors (Lipinski definition) is 0. The van der Waals surface area contributed by atoms with Crippen LogP contribution in [0.3, 0.4) is 0 Å². The Morgan fingerprint density at radius 3 is 1.22 bits per heavy atom. The normalized spacial score (nSPS) is 14.5. The summed E-state index contributed by atoms with van der Waals surface area (Å²) in [5.74, 6) is 1.48. The highest BCUT2D eigenvalue weighted by Gasteiger charge is 2.50. The van der Waals surface area contributed by atoms with Crippen molar-refractivity contribution in [2.24, 2.45) is 0 Å². The third-order valence-corrected chi connectivity index (χ3v) is 28.1. The summed E-state index contributed by atoms with van der Waals surface area (Å²) in [5.41, 5.74) is 38.9. The summed E-state index contributed by atoms with van der Waals surface area (Å²) in [5, 5.41) is 2.33. The number of rotatable bonds is 10. The fourth-order valence-electron chi connectivity index (χ4n) is 21.6. The molecule has 5 aliphatic rings. The van der Waals surface area contributed by atoms with Crippen LogP contribution in [-0.4, -0.2) is 18.0 Å². The molecule has 1 aliphatic carbocycles. The Balaban J connectivity index is 0.854. The molecular weight excluding hydrogens is 1550 g/mol. The quantitative estimate of drug-likeness (QED) is 0.127. The second kappa shape index (κ2) is 29.0. The molecule has 17 aromatic carbocycles. The van der Waals surface area contributed by atoms with Crippen LogP contribution in [0.2, 0.25) is 0 Å². The van der Waals surface area contributed by atoms with Gasteiger partial charge in [-0.15, -0.1) is 0 Å². The van der Waals surface area contributed by atoms with E-state index in [9.17, 15) is 2.74 Å². The second-order valence-electron chi connectivity index (χ2n) is 40.4. The van der Waals surface area contributed by atoms with Gasteiger partial charge in [-0.1, -0.05) is 358 Å². The van der Waals surface area contributed by atoms with Gasteiger partial charge in [0.1, 0.15) is 11.5 Å². The first-order valence-corrected chi connectivity index (χ1v) is 45.3. The lowest BCUT2D eigenvalue weighted by Crippen LogP contribution is -2.64. The van der Waals surface area contributed by atoms with E-state index in [1.54, 1.807) is 0 Å². The Labute approximate surface area is 761 Å². The van der Waals surface area contributed by atoms with Gasteiger partial charge in [0.2, 0.25) is 0 Å². The molecule has 0 fully saturated rings. The van der Waals surface area contributed by atoms with E-state index in [1.807, 2.05) is 12.1 Å². The number of nitrogens with zero attached hydrogens (tertiary/aromatic N) is 4. The molecule has 7 heteroatoms. The average molecular weight is 1650 g/mol. The van der Waals surface area contributed by atoms with Gasteiger partial charge < -0.3 is 24.0 Å². The first kappa shape index (κ1) is 73.1. The van der Waals surface area contributed by atoms with Crippen molar-refractivity contribution in [1.82, 2.24) is 4.57 Å². The molecule has 1 aromatic heterocycles. The van der Waals surface area contributed by atoms with Crippen LogP contribution in [0.15, 0.2) is 364 Å². The van der Waals surface area contributed by atoms with Crippen LogP contribution in [0.1, 0.15) is 137 Å². The zero-order valence-electron chi connectivity index (χ0n) is 80.1. The number of ether oxygens (including phenoxy) is 1. The molecule has 0 saturated heterocycles. The maximum atomic E-state index is 9.45. The Kier molecular flexibility index (Phi) is 16.5. The summed E-state index contributed by atoms with van der Waals surface area (Å²) in [6.45, 7) is 31.7. The average Bonchev–Trinajstić information content (AvgIpc) is 1.64. The van der Waals surface area contributed by atoms with Gasteiger partial charge in [-0.2, -0.15) is 0 Å². The number of benzene rings is 17. The van der Waals surface area contributed by atoms with Gasteiger partial charge in [-0.3, -0.25) is 0 Å². The first-order valence-electron chi connectivity index (χ1n) is 47.8. The maximum absolute atomic E-state index is 9.45. The number of anilines is 9. The number of aromatic nitrogens is 1. The molecule has 5 heterocycles. The molecule has 618 valence electrons. The summed E-state index contributed by atoms with van der Waals surface area (Å²) in [6.07, 6.45) is 0. The van der Waals surface area contributed by atoms with Crippen molar-refractivity contribution in [3.8, 4) is 95.1 Å². The van der Waals surface area contributed by atoms with Crippen LogP contribution in [0, 0.1) is 0 Å². The van der Waals surface area contributed by atoms with Crippen LogP contribution in [-0.2, 0) is 27.1 Å². The summed E-state index contributed by atoms with van der Waals surface area (Å²) < 4.78 is 56.5. The van der Waals surface area contributed by atoms with Crippen molar-refractivity contribution in [2.45, 2.75) is 124 Å². The van der Waals surface area contributed by atoms with Gasteiger partial charge in [0.25, 0.3) is 13.4 Å². The van der Waals surface area contributed by atoms with Crippen molar-refractivity contribution in [3.63, 3.8) is 0 Å². The number of fused-ring (bicyclic) bond motifs is 14. The molecule has 128 heavy (non-hydrogen) atoms. The predicted molar refractivity (Wildman–Crippen MR) is 546 cm³/mol. The van der Waals surface area contributed by atoms with E-state index < -0.39 is 19.5 Å². The molecule has 0 bridgehead atoms. The van der Waals surface area contributed by atoms with E-state index in [2.05, 4.69) is 438 Å². The second-order valence-corrected chi connectivity index (χ2v) is 40.4. The molecule has 0 amide bonds. The fourth-order valence-corrected chi connectivity index (χ4v) is 21.6. The molecule has 5 nitrogen and oxygen atoms in total. The third-order valence-electron chi connectivity index (χ3n) is 28.1. The van der Waals surface area contributed by atoms with Crippen LogP contribution in [0.4, 0.5) is 51.2 Å². The van der Waals surface area contributed by atoms with Crippen molar-refractivity contribution < 1.29 is 11.6 Å².